The normalized spacial score (nSPS) is 24.9. The summed E-state index contributed by atoms with van der Waals surface area (Å²) in [6.45, 7) is 2.63. The van der Waals surface area contributed by atoms with Gasteiger partial charge in [0.1, 0.15) is 48.8 Å². The molecule has 2 aliphatic heterocycles. The van der Waals surface area contributed by atoms with Crippen LogP contribution in [0.3, 0.4) is 0 Å². The molecule has 0 aromatic rings. The Morgan fingerprint density at radius 1 is 0.451 bits per heavy atom. The van der Waals surface area contributed by atoms with E-state index in [-0.39, 0.29) is 18.9 Å². The van der Waals surface area contributed by atoms with E-state index in [2.05, 4.69) is 141 Å². The molecule has 0 radical (unpaired) electrons. The number of carbonyl (C=O) groups is 1. The lowest BCUT2D eigenvalue weighted by Crippen LogP contribution is -2.65. The zero-order chi connectivity index (χ0) is 59.5. The fourth-order valence-electron chi connectivity index (χ4n) is 9.32. The van der Waals surface area contributed by atoms with E-state index in [9.17, 15) is 45.6 Å². The van der Waals surface area contributed by atoms with Crippen molar-refractivity contribution in [2.24, 2.45) is 0 Å². The van der Waals surface area contributed by atoms with Crippen LogP contribution in [0.2, 0.25) is 0 Å². The van der Waals surface area contributed by atoms with Crippen molar-refractivity contribution in [3.05, 3.63) is 134 Å². The Morgan fingerprint density at radius 2 is 0.841 bits per heavy atom. The van der Waals surface area contributed by atoms with Crippen molar-refractivity contribution in [1.29, 1.82) is 0 Å². The summed E-state index contributed by atoms with van der Waals surface area (Å²) < 4.78 is 22.7. The first-order valence-electron chi connectivity index (χ1n) is 31.4. The highest BCUT2D eigenvalue weighted by atomic mass is 16.7. The summed E-state index contributed by atoms with van der Waals surface area (Å²) in [6, 6.07) is -0.948. The Hall–Kier alpha value is -3.87. The minimum atomic E-state index is -1.80. The standard InChI is InChI=1S/C68H111NO13/c1-3-5-7-9-11-13-15-17-19-20-21-22-23-24-25-26-27-28-29-30-31-32-33-34-35-36-38-40-42-44-46-48-50-52-60(73)69-56(57(72)51-49-47-45-43-41-39-37-18-16-14-12-10-8-6-4-2)55-79-67-65(78)63(76)66(59(54-71)81-67)82-68-64(77)62(75)61(74)58(53-70)80-68/h5,7,11,13,17,19,21-22,24-25,27-28,30-31,33-34,36,38,42,44,49,51,56-59,61-68,70-72,74-78H,3-4,6,8-10,12,14-16,18,20,23,26,29,32,35,37,39-41,43,45-48,50,52-55H2,1-2H3,(H,69,73)/b7-5-,13-11-,19-17-,22-21-,25-24-,28-27-,31-30-,34-33-,38-36-,44-42-,51-49+. The summed E-state index contributed by atoms with van der Waals surface area (Å²) >= 11 is 0. The van der Waals surface area contributed by atoms with Crippen molar-refractivity contribution in [2.45, 2.75) is 267 Å². The van der Waals surface area contributed by atoms with Gasteiger partial charge < -0.3 is 65.1 Å². The van der Waals surface area contributed by atoms with E-state index >= 15 is 0 Å². The van der Waals surface area contributed by atoms with Crippen LogP contribution < -0.4 is 5.32 Å². The van der Waals surface area contributed by atoms with E-state index in [0.29, 0.717) is 6.42 Å². The molecule has 14 heteroatoms. The van der Waals surface area contributed by atoms with Gasteiger partial charge in [-0.15, -0.1) is 0 Å². The second-order valence-corrected chi connectivity index (χ2v) is 21.5. The largest absolute Gasteiger partial charge is 0.394 e. The second kappa shape index (κ2) is 51.5. The fraction of sp³-hybridized carbons (Fsp3) is 0.662. The van der Waals surface area contributed by atoms with Gasteiger partial charge >= 0.3 is 0 Å². The van der Waals surface area contributed by atoms with Gasteiger partial charge in [-0.2, -0.15) is 0 Å². The Morgan fingerprint density at radius 3 is 1.29 bits per heavy atom. The van der Waals surface area contributed by atoms with Crippen molar-refractivity contribution in [3.63, 3.8) is 0 Å². The average Bonchev–Trinajstić information content (AvgIpc) is 3.60. The summed E-state index contributed by atoms with van der Waals surface area (Å²) in [5.74, 6) is -0.288. The minimum absolute atomic E-state index is 0.217. The highest BCUT2D eigenvalue weighted by Gasteiger charge is 2.51. The molecule has 2 fully saturated rings. The van der Waals surface area contributed by atoms with E-state index in [1.54, 1.807) is 6.08 Å². The number of aliphatic hydroxyl groups excluding tert-OH is 8. The molecule has 0 bridgehead atoms. The van der Waals surface area contributed by atoms with Crippen LogP contribution in [-0.2, 0) is 23.7 Å². The molecular formula is C68H111NO13. The molecule has 0 aromatic carbocycles. The summed E-state index contributed by atoms with van der Waals surface area (Å²) in [6.07, 6.45) is 59.2. The quantitative estimate of drug-likeness (QED) is 0.0204. The van der Waals surface area contributed by atoms with Gasteiger partial charge in [0, 0.05) is 6.42 Å². The lowest BCUT2D eigenvalue weighted by atomic mass is 9.97. The Kier molecular flexibility index (Phi) is 46.7. The number of carbonyl (C=O) groups excluding carboxylic acids is 1. The number of unbranched alkanes of at least 4 members (excludes halogenated alkanes) is 15. The Bertz CT molecular complexity index is 1880. The maximum absolute atomic E-state index is 13.3. The number of aliphatic hydroxyl groups is 8. The molecule has 12 atom stereocenters. The topological polar surface area (TPSA) is 228 Å². The molecule has 0 aromatic heterocycles. The lowest BCUT2D eigenvalue weighted by molar-refractivity contribution is -0.359. The van der Waals surface area contributed by atoms with Gasteiger partial charge in [-0.25, -0.2) is 0 Å². The number of hydrogen-bond acceptors (Lipinski definition) is 13. The summed E-state index contributed by atoms with van der Waals surface area (Å²) in [5, 5.41) is 87.1. The first kappa shape index (κ1) is 74.2. The van der Waals surface area contributed by atoms with Gasteiger partial charge in [0.25, 0.3) is 0 Å². The maximum Gasteiger partial charge on any atom is 0.220 e. The van der Waals surface area contributed by atoms with Gasteiger partial charge in [0.15, 0.2) is 12.6 Å². The van der Waals surface area contributed by atoms with E-state index < -0.39 is 86.8 Å². The van der Waals surface area contributed by atoms with E-state index in [0.717, 1.165) is 103 Å². The van der Waals surface area contributed by atoms with Crippen molar-refractivity contribution in [1.82, 2.24) is 5.32 Å². The zero-order valence-electron chi connectivity index (χ0n) is 50.2. The lowest BCUT2D eigenvalue weighted by Gasteiger charge is -2.46. The first-order chi connectivity index (χ1) is 40.1. The Labute approximate surface area is 494 Å². The molecule has 2 aliphatic rings. The van der Waals surface area contributed by atoms with E-state index in [1.807, 2.05) is 6.08 Å². The number of amides is 1. The predicted octanol–water partition coefficient (Wildman–Crippen LogP) is 11.6. The zero-order valence-corrected chi connectivity index (χ0v) is 50.2. The van der Waals surface area contributed by atoms with Gasteiger partial charge in [-0.05, 0) is 96.3 Å². The van der Waals surface area contributed by atoms with Crippen LogP contribution >= 0.6 is 0 Å². The SMILES string of the molecule is CC/C=C\C/C=C\C/C=C\C/C=C\C/C=C\C/C=C\C/C=C\C/C=C\C/C=C\C/C=C\CCCCC(=O)NC(COC1OC(CO)C(OC2OC(CO)C(O)C(O)C2O)C(O)C1O)C(O)/C=C/CCCCCCCCCCCCCCC. The second-order valence-electron chi connectivity index (χ2n) is 21.5. The van der Waals surface area contributed by atoms with Crippen LogP contribution in [0, 0.1) is 0 Å². The van der Waals surface area contributed by atoms with Crippen LogP contribution in [-0.4, -0.2) is 140 Å². The van der Waals surface area contributed by atoms with Crippen LogP contribution in [0.5, 0.6) is 0 Å². The first-order valence-corrected chi connectivity index (χ1v) is 31.4. The van der Waals surface area contributed by atoms with Crippen molar-refractivity contribution >= 4 is 5.91 Å². The molecule has 2 rings (SSSR count). The van der Waals surface area contributed by atoms with Crippen molar-refractivity contribution < 1.29 is 64.6 Å². The van der Waals surface area contributed by atoms with Crippen LogP contribution in [0.25, 0.3) is 0 Å². The number of rotatable bonds is 48. The number of ether oxygens (including phenoxy) is 4. The maximum atomic E-state index is 13.3. The molecule has 14 nitrogen and oxygen atoms in total. The summed E-state index contributed by atoms with van der Waals surface area (Å²) in [5.41, 5.74) is 0. The van der Waals surface area contributed by atoms with Gasteiger partial charge in [-0.3, -0.25) is 4.79 Å². The monoisotopic (exact) mass is 1150 g/mol. The van der Waals surface area contributed by atoms with Crippen molar-refractivity contribution in [2.75, 3.05) is 19.8 Å². The van der Waals surface area contributed by atoms with Crippen molar-refractivity contribution in [3.8, 4) is 0 Å². The summed E-state index contributed by atoms with van der Waals surface area (Å²) in [4.78, 5) is 13.3. The van der Waals surface area contributed by atoms with Crippen LogP contribution in [0.1, 0.15) is 194 Å². The molecule has 1 amide bonds. The van der Waals surface area contributed by atoms with Crippen LogP contribution in [0.4, 0.5) is 0 Å². The molecule has 12 unspecified atom stereocenters. The minimum Gasteiger partial charge on any atom is -0.394 e. The Balaban J connectivity index is 1.74. The molecule has 0 aliphatic carbocycles. The molecule has 0 saturated carbocycles. The van der Waals surface area contributed by atoms with Gasteiger partial charge in [-0.1, -0.05) is 225 Å². The average molecular weight is 1150 g/mol. The highest BCUT2D eigenvalue weighted by molar-refractivity contribution is 5.76. The molecule has 9 N–H and O–H groups in total. The fourth-order valence-corrected chi connectivity index (χ4v) is 9.32. The molecular weight excluding hydrogens is 1040 g/mol. The number of hydrogen-bond donors (Lipinski definition) is 9. The predicted molar refractivity (Wildman–Crippen MR) is 331 cm³/mol. The molecule has 466 valence electrons. The van der Waals surface area contributed by atoms with Gasteiger partial charge in [0.2, 0.25) is 5.91 Å². The third kappa shape index (κ3) is 36.1. The highest BCUT2D eigenvalue weighted by Crippen LogP contribution is 2.30. The molecule has 0 spiro atoms. The molecule has 2 heterocycles. The molecule has 82 heavy (non-hydrogen) atoms. The third-order valence-electron chi connectivity index (χ3n) is 14.3. The number of nitrogens with one attached hydrogen (secondary N) is 1. The third-order valence-corrected chi connectivity index (χ3v) is 14.3. The number of allylic oxidation sites excluding steroid dienone is 21. The van der Waals surface area contributed by atoms with Crippen LogP contribution in [0.15, 0.2) is 134 Å². The van der Waals surface area contributed by atoms with E-state index in [1.165, 1.54) is 64.2 Å². The summed E-state index contributed by atoms with van der Waals surface area (Å²) in [7, 11) is 0. The van der Waals surface area contributed by atoms with Gasteiger partial charge in [0.05, 0.1) is 32.0 Å². The smallest absolute Gasteiger partial charge is 0.220 e. The van der Waals surface area contributed by atoms with E-state index in [4.69, 9.17) is 18.9 Å². The molecule has 2 saturated heterocycles.